The number of hydrogen-bond acceptors (Lipinski definition) is 2. The quantitative estimate of drug-likeness (QED) is 0.714. The molecular weight excluding hydrogens is 164 g/mol. The zero-order valence-corrected chi connectivity index (χ0v) is 7.90. The number of aliphatic hydroxyl groups excluding tert-OH is 1. The number of fused-ring (bicyclic) bond motifs is 1. The molecule has 0 fully saturated rings. The van der Waals surface area contributed by atoms with Crippen LogP contribution < -0.4 is 4.74 Å². The standard InChI is InChI=1S/C11H14O2/c1-7(2)11-10(12)8-5-3-4-6-9(8)13-11/h3-7,10-12H,1-2H3/t10-,11+/m1/s1. The number of aliphatic hydroxyl groups is 1. The van der Waals surface area contributed by atoms with Gasteiger partial charge in [-0.2, -0.15) is 0 Å². The second-order valence-electron chi connectivity index (χ2n) is 3.81. The molecule has 13 heavy (non-hydrogen) atoms. The highest BCUT2D eigenvalue weighted by molar-refractivity contribution is 5.39. The fraction of sp³-hybridized carbons (Fsp3) is 0.455. The molecule has 2 atom stereocenters. The van der Waals surface area contributed by atoms with E-state index in [1.807, 2.05) is 24.3 Å². The van der Waals surface area contributed by atoms with E-state index in [9.17, 15) is 5.11 Å². The first-order valence-corrected chi connectivity index (χ1v) is 4.64. The lowest BCUT2D eigenvalue weighted by Gasteiger charge is -2.17. The minimum Gasteiger partial charge on any atom is -0.487 e. The van der Waals surface area contributed by atoms with Gasteiger partial charge in [-0.05, 0) is 12.0 Å². The monoisotopic (exact) mass is 178 g/mol. The van der Waals surface area contributed by atoms with Gasteiger partial charge in [0, 0.05) is 5.56 Å². The smallest absolute Gasteiger partial charge is 0.131 e. The molecule has 0 bridgehead atoms. The van der Waals surface area contributed by atoms with Crippen LogP contribution in [0.5, 0.6) is 5.75 Å². The zero-order valence-electron chi connectivity index (χ0n) is 7.90. The Balaban J connectivity index is 2.32. The maximum Gasteiger partial charge on any atom is 0.131 e. The fourth-order valence-electron chi connectivity index (χ4n) is 1.72. The number of rotatable bonds is 1. The summed E-state index contributed by atoms with van der Waals surface area (Å²) in [6.07, 6.45) is -0.548. The van der Waals surface area contributed by atoms with Crippen molar-refractivity contribution in [3.05, 3.63) is 29.8 Å². The third-order valence-electron chi connectivity index (χ3n) is 2.47. The maximum absolute atomic E-state index is 9.89. The molecule has 1 aromatic rings. The van der Waals surface area contributed by atoms with E-state index >= 15 is 0 Å². The molecule has 0 radical (unpaired) electrons. The third-order valence-corrected chi connectivity index (χ3v) is 2.47. The summed E-state index contributed by atoms with van der Waals surface area (Å²) in [4.78, 5) is 0. The summed E-state index contributed by atoms with van der Waals surface area (Å²) >= 11 is 0. The van der Waals surface area contributed by atoms with Gasteiger partial charge in [-0.25, -0.2) is 0 Å². The number of hydrogen-bond donors (Lipinski definition) is 1. The van der Waals surface area contributed by atoms with Crippen LogP contribution in [0.4, 0.5) is 0 Å². The Morgan fingerprint density at radius 2 is 2.00 bits per heavy atom. The minimum atomic E-state index is -0.462. The molecule has 1 aliphatic heterocycles. The first-order chi connectivity index (χ1) is 6.20. The molecule has 0 saturated carbocycles. The van der Waals surface area contributed by atoms with Gasteiger partial charge in [0.05, 0.1) is 0 Å². The molecule has 2 nitrogen and oxygen atoms in total. The van der Waals surface area contributed by atoms with Crippen LogP contribution in [-0.2, 0) is 0 Å². The molecule has 70 valence electrons. The van der Waals surface area contributed by atoms with Crippen LogP contribution in [0.2, 0.25) is 0 Å². The molecule has 2 rings (SSSR count). The van der Waals surface area contributed by atoms with Gasteiger partial charge in [0.1, 0.15) is 18.0 Å². The van der Waals surface area contributed by atoms with Crippen LogP contribution in [-0.4, -0.2) is 11.2 Å². The highest BCUT2D eigenvalue weighted by Crippen LogP contribution is 2.38. The molecular formula is C11H14O2. The highest BCUT2D eigenvalue weighted by atomic mass is 16.5. The Hall–Kier alpha value is -1.02. The van der Waals surface area contributed by atoms with Crippen molar-refractivity contribution in [3.63, 3.8) is 0 Å². The van der Waals surface area contributed by atoms with Gasteiger partial charge in [-0.1, -0.05) is 32.0 Å². The van der Waals surface area contributed by atoms with E-state index in [1.54, 1.807) is 0 Å². The molecule has 2 heteroatoms. The first kappa shape index (κ1) is 8.57. The van der Waals surface area contributed by atoms with E-state index in [-0.39, 0.29) is 6.10 Å². The molecule has 0 amide bonds. The average molecular weight is 178 g/mol. The van der Waals surface area contributed by atoms with Crippen LogP contribution >= 0.6 is 0 Å². The van der Waals surface area contributed by atoms with Crippen LogP contribution in [0, 0.1) is 5.92 Å². The topological polar surface area (TPSA) is 29.5 Å². The summed E-state index contributed by atoms with van der Waals surface area (Å²) in [7, 11) is 0. The summed E-state index contributed by atoms with van der Waals surface area (Å²) in [5.41, 5.74) is 0.918. The lowest BCUT2D eigenvalue weighted by Crippen LogP contribution is -2.24. The normalized spacial score (nSPS) is 25.8. The molecule has 1 aliphatic rings. The third kappa shape index (κ3) is 1.31. The van der Waals surface area contributed by atoms with E-state index < -0.39 is 6.10 Å². The Labute approximate surface area is 78.2 Å². The molecule has 0 spiro atoms. The Bertz CT molecular complexity index is 307. The number of ether oxygens (including phenoxy) is 1. The van der Waals surface area contributed by atoms with Gasteiger partial charge in [0.25, 0.3) is 0 Å². The van der Waals surface area contributed by atoms with Crippen molar-refractivity contribution in [2.75, 3.05) is 0 Å². The second kappa shape index (κ2) is 3.04. The largest absolute Gasteiger partial charge is 0.487 e. The Kier molecular flexibility index (Phi) is 2.00. The van der Waals surface area contributed by atoms with Crippen LogP contribution in [0.1, 0.15) is 25.5 Å². The van der Waals surface area contributed by atoms with Crippen molar-refractivity contribution in [2.24, 2.45) is 5.92 Å². The zero-order chi connectivity index (χ0) is 9.42. The van der Waals surface area contributed by atoms with Gasteiger partial charge in [0.2, 0.25) is 0 Å². The molecule has 0 unspecified atom stereocenters. The summed E-state index contributed by atoms with van der Waals surface area (Å²) in [6.45, 7) is 4.11. The van der Waals surface area contributed by atoms with Gasteiger partial charge in [-0.3, -0.25) is 0 Å². The summed E-state index contributed by atoms with van der Waals surface area (Å²) in [6, 6.07) is 7.67. The second-order valence-corrected chi connectivity index (χ2v) is 3.81. The molecule has 0 aromatic heterocycles. The van der Waals surface area contributed by atoms with Gasteiger partial charge < -0.3 is 9.84 Å². The molecule has 1 N–H and O–H groups in total. The van der Waals surface area contributed by atoms with Gasteiger partial charge >= 0.3 is 0 Å². The predicted molar refractivity (Wildman–Crippen MR) is 50.7 cm³/mol. The average Bonchev–Trinajstić information content (AvgIpc) is 2.45. The van der Waals surface area contributed by atoms with Crippen molar-refractivity contribution >= 4 is 0 Å². The van der Waals surface area contributed by atoms with Crippen molar-refractivity contribution in [2.45, 2.75) is 26.1 Å². The van der Waals surface area contributed by atoms with Gasteiger partial charge in [-0.15, -0.1) is 0 Å². The maximum atomic E-state index is 9.89. The first-order valence-electron chi connectivity index (χ1n) is 4.64. The van der Waals surface area contributed by atoms with E-state index in [2.05, 4.69) is 13.8 Å². The van der Waals surface area contributed by atoms with Crippen LogP contribution in [0.25, 0.3) is 0 Å². The lowest BCUT2D eigenvalue weighted by molar-refractivity contribution is 0.0383. The van der Waals surface area contributed by atoms with E-state index in [0.717, 1.165) is 11.3 Å². The highest BCUT2D eigenvalue weighted by Gasteiger charge is 2.34. The summed E-state index contributed by atoms with van der Waals surface area (Å²) < 4.78 is 5.63. The van der Waals surface area contributed by atoms with E-state index in [0.29, 0.717) is 5.92 Å². The van der Waals surface area contributed by atoms with Crippen molar-refractivity contribution in [1.29, 1.82) is 0 Å². The number of benzene rings is 1. The fourth-order valence-corrected chi connectivity index (χ4v) is 1.72. The van der Waals surface area contributed by atoms with Crippen LogP contribution in [0.3, 0.4) is 0 Å². The van der Waals surface area contributed by atoms with Crippen molar-refractivity contribution < 1.29 is 9.84 Å². The predicted octanol–water partition coefficient (Wildman–Crippen LogP) is 2.14. The summed E-state index contributed by atoms with van der Waals surface area (Å²) in [5.74, 6) is 1.16. The molecule has 1 aromatic carbocycles. The van der Waals surface area contributed by atoms with E-state index in [4.69, 9.17) is 4.74 Å². The SMILES string of the molecule is CC(C)[C@@H]1Oc2ccccc2[C@H]1O. The van der Waals surface area contributed by atoms with Crippen LogP contribution in [0.15, 0.2) is 24.3 Å². The Morgan fingerprint density at radius 3 is 2.62 bits per heavy atom. The lowest BCUT2D eigenvalue weighted by atomic mass is 9.99. The Morgan fingerprint density at radius 1 is 1.31 bits per heavy atom. The molecule has 0 saturated heterocycles. The summed E-state index contributed by atoms with van der Waals surface area (Å²) in [5, 5.41) is 9.89. The van der Waals surface area contributed by atoms with Gasteiger partial charge in [0.15, 0.2) is 0 Å². The van der Waals surface area contributed by atoms with Crippen molar-refractivity contribution in [3.8, 4) is 5.75 Å². The molecule has 1 heterocycles. The van der Waals surface area contributed by atoms with E-state index in [1.165, 1.54) is 0 Å². The minimum absolute atomic E-state index is 0.0857. The van der Waals surface area contributed by atoms with Crippen molar-refractivity contribution in [1.82, 2.24) is 0 Å². The number of para-hydroxylation sites is 1. The molecule has 0 aliphatic carbocycles.